The van der Waals surface area contributed by atoms with Gasteiger partial charge in [-0.15, -0.1) is 0 Å². The molecule has 3 atom stereocenters. The van der Waals surface area contributed by atoms with Gasteiger partial charge < -0.3 is 26.6 Å². The van der Waals surface area contributed by atoms with Crippen molar-refractivity contribution in [1.82, 2.24) is 20.3 Å². The number of nitrogens with two attached hydrogens (primary N) is 1. The van der Waals surface area contributed by atoms with Crippen LogP contribution in [0.15, 0.2) is 18.2 Å². The highest BCUT2D eigenvalue weighted by Crippen LogP contribution is 2.65. The number of hydrogen-bond donors (Lipinski definition) is 4. The van der Waals surface area contributed by atoms with Gasteiger partial charge in [0, 0.05) is 37.4 Å². The minimum absolute atomic E-state index is 0.295. The van der Waals surface area contributed by atoms with E-state index >= 15 is 0 Å². The average Bonchev–Trinajstić information content (AvgIpc) is 3.46. The standard InChI is InChI=1S/C26H36N8O/c1-15-3-4-18(22(27)35)10-21(15)30-24-31-23(29-20-5-6-28-13-20)32-25(33-24)34(2)14-26-11-16-7-17(12-26)9-19(26)8-16/h3-4,10,16-17,19-20,28H,5-9,11-14H2,1-2H3,(H2,27,35)(H2,29,30,31,32,33)/t16?,17?,19?,20-,26?/m0/s1. The molecule has 0 radical (unpaired) electrons. The molecule has 4 bridgehead atoms. The van der Waals surface area contributed by atoms with Crippen LogP contribution < -0.4 is 26.6 Å². The number of amides is 1. The molecule has 1 aromatic carbocycles. The average molecular weight is 477 g/mol. The predicted molar refractivity (Wildman–Crippen MR) is 137 cm³/mol. The molecule has 9 nitrogen and oxygen atoms in total. The van der Waals surface area contributed by atoms with Gasteiger partial charge in [0.1, 0.15) is 0 Å². The Bertz CT molecular complexity index is 1120. The zero-order valence-corrected chi connectivity index (χ0v) is 20.7. The van der Waals surface area contributed by atoms with Crippen LogP contribution in [0, 0.1) is 30.1 Å². The van der Waals surface area contributed by atoms with Gasteiger partial charge in [0.05, 0.1) is 0 Å². The van der Waals surface area contributed by atoms with Gasteiger partial charge >= 0.3 is 0 Å². The Kier molecular flexibility index (Phi) is 5.55. The second kappa shape index (κ2) is 8.62. The molecular weight excluding hydrogens is 440 g/mol. The summed E-state index contributed by atoms with van der Waals surface area (Å²) in [5, 5.41) is 10.2. The first-order valence-corrected chi connectivity index (χ1v) is 13.0. The zero-order chi connectivity index (χ0) is 24.2. The van der Waals surface area contributed by atoms with E-state index in [9.17, 15) is 4.79 Å². The van der Waals surface area contributed by atoms with Crippen LogP contribution in [0.1, 0.15) is 54.4 Å². The van der Waals surface area contributed by atoms with Crippen LogP contribution >= 0.6 is 0 Å². The van der Waals surface area contributed by atoms with E-state index in [0.29, 0.717) is 34.9 Å². The van der Waals surface area contributed by atoms with E-state index < -0.39 is 5.91 Å². The summed E-state index contributed by atoms with van der Waals surface area (Å²) < 4.78 is 0. The van der Waals surface area contributed by atoms with Gasteiger partial charge in [-0.1, -0.05) is 6.07 Å². The lowest BCUT2D eigenvalue weighted by molar-refractivity contribution is 0.100. The molecular formula is C26H36N8O. The minimum Gasteiger partial charge on any atom is -0.366 e. The van der Waals surface area contributed by atoms with Crippen molar-refractivity contribution < 1.29 is 4.79 Å². The van der Waals surface area contributed by atoms with Crippen LogP contribution in [-0.4, -0.2) is 53.6 Å². The number of primary amides is 1. The molecule has 4 saturated carbocycles. The lowest BCUT2D eigenvalue weighted by atomic mass is 9.75. The third-order valence-electron chi connectivity index (χ3n) is 8.84. The van der Waals surface area contributed by atoms with Crippen molar-refractivity contribution in [2.75, 3.05) is 42.2 Å². The topological polar surface area (TPSA) is 121 Å². The van der Waals surface area contributed by atoms with Crippen molar-refractivity contribution in [3.63, 3.8) is 0 Å². The van der Waals surface area contributed by atoms with Crippen molar-refractivity contribution in [1.29, 1.82) is 0 Å². The second-order valence-corrected chi connectivity index (χ2v) is 11.4. The molecule has 1 saturated heterocycles. The molecule has 5 aliphatic rings. The van der Waals surface area contributed by atoms with E-state index in [1.54, 1.807) is 12.1 Å². The number of hydrogen-bond acceptors (Lipinski definition) is 8. The molecule has 35 heavy (non-hydrogen) atoms. The molecule has 2 heterocycles. The number of anilines is 4. The maximum Gasteiger partial charge on any atom is 0.248 e. The van der Waals surface area contributed by atoms with Crippen molar-refractivity contribution in [2.45, 2.75) is 51.5 Å². The Morgan fingerprint density at radius 1 is 1.17 bits per heavy atom. The third-order valence-corrected chi connectivity index (χ3v) is 8.84. The highest BCUT2D eigenvalue weighted by Gasteiger charge is 2.57. The van der Waals surface area contributed by atoms with Gasteiger partial charge in [-0.25, -0.2) is 0 Å². The lowest BCUT2D eigenvalue weighted by Crippen LogP contribution is -2.38. The fraction of sp³-hybridized carbons (Fsp3) is 0.615. The van der Waals surface area contributed by atoms with Crippen LogP contribution in [0.5, 0.6) is 0 Å². The second-order valence-electron chi connectivity index (χ2n) is 11.4. The van der Waals surface area contributed by atoms with Gasteiger partial charge in [-0.05, 0) is 92.9 Å². The number of benzene rings is 1. The minimum atomic E-state index is -0.458. The largest absolute Gasteiger partial charge is 0.366 e. The summed E-state index contributed by atoms with van der Waals surface area (Å²) in [5.74, 6) is 3.97. The number of aryl methyl sites for hydroxylation is 1. The highest BCUT2D eigenvalue weighted by molar-refractivity contribution is 5.94. The van der Waals surface area contributed by atoms with E-state index in [1.165, 1.54) is 32.1 Å². The lowest BCUT2D eigenvalue weighted by Gasteiger charge is -2.36. The first-order valence-electron chi connectivity index (χ1n) is 13.0. The molecule has 1 aromatic heterocycles. The monoisotopic (exact) mass is 476 g/mol. The molecule has 2 unspecified atom stereocenters. The third kappa shape index (κ3) is 4.30. The molecule has 186 valence electrons. The van der Waals surface area contributed by atoms with Crippen LogP contribution in [0.2, 0.25) is 0 Å². The van der Waals surface area contributed by atoms with Crippen molar-refractivity contribution in [3.05, 3.63) is 29.3 Å². The van der Waals surface area contributed by atoms with Crippen LogP contribution in [0.3, 0.4) is 0 Å². The summed E-state index contributed by atoms with van der Waals surface area (Å²) in [4.78, 5) is 28.3. The summed E-state index contributed by atoms with van der Waals surface area (Å²) in [6, 6.07) is 5.67. The van der Waals surface area contributed by atoms with E-state index in [2.05, 4.69) is 27.9 Å². The molecule has 4 aliphatic carbocycles. The first kappa shape index (κ1) is 22.5. The van der Waals surface area contributed by atoms with E-state index in [-0.39, 0.29) is 0 Å². The number of carbonyl (C=O) groups excluding carboxylic acids is 1. The van der Waals surface area contributed by atoms with Crippen LogP contribution in [-0.2, 0) is 0 Å². The summed E-state index contributed by atoms with van der Waals surface area (Å²) in [5.41, 5.74) is 8.12. The number of nitrogens with one attached hydrogen (secondary N) is 3. The molecule has 5 N–H and O–H groups in total. The maximum atomic E-state index is 11.7. The zero-order valence-electron chi connectivity index (χ0n) is 20.7. The van der Waals surface area contributed by atoms with Gasteiger partial charge in [-0.2, -0.15) is 15.0 Å². The Hall–Kier alpha value is -2.94. The predicted octanol–water partition coefficient (Wildman–Crippen LogP) is 3.06. The van der Waals surface area contributed by atoms with Crippen molar-refractivity contribution >= 4 is 29.4 Å². The highest BCUT2D eigenvalue weighted by atomic mass is 16.1. The fourth-order valence-corrected chi connectivity index (χ4v) is 7.41. The molecule has 2 aromatic rings. The summed E-state index contributed by atoms with van der Waals surface area (Å²) in [6.07, 6.45) is 8.00. The van der Waals surface area contributed by atoms with Crippen molar-refractivity contribution in [2.24, 2.45) is 28.9 Å². The van der Waals surface area contributed by atoms with Crippen LogP contribution in [0.25, 0.3) is 0 Å². The number of rotatable bonds is 8. The van der Waals surface area contributed by atoms with Gasteiger partial charge in [0.15, 0.2) is 0 Å². The molecule has 0 spiro atoms. The summed E-state index contributed by atoms with van der Waals surface area (Å²) in [6.45, 7) is 4.86. The fourth-order valence-electron chi connectivity index (χ4n) is 7.41. The molecule has 7 rings (SSSR count). The molecule has 1 amide bonds. The first-order chi connectivity index (χ1) is 16.9. The number of carbonyl (C=O) groups is 1. The molecule has 1 aliphatic heterocycles. The normalized spacial score (nSPS) is 30.6. The van der Waals surface area contributed by atoms with Gasteiger partial charge in [-0.3, -0.25) is 4.79 Å². The maximum absolute atomic E-state index is 11.7. The van der Waals surface area contributed by atoms with E-state index in [1.807, 2.05) is 13.0 Å². The Morgan fingerprint density at radius 3 is 2.66 bits per heavy atom. The Balaban J connectivity index is 1.29. The quantitative estimate of drug-likeness (QED) is 0.459. The van der Waals surface area contributed by atoms with Crippen LogP contribution in [0.4, 0.5) is 23.5 Å². The molecule has 9 heteroatoms. The van der Waals surface area contributed by atoms with Gasteiger partial charge in [0.2, 0.25) is 23.8 Å². The summed E-state index contributed by atoms with van der Waals surface area (Å²) in [7, 11) is 2.12. The Morgan fingerprint density at radius 2 is 1.94 bits per heavy atom. The smallest absolute Gasteiger partial charge is 0.248 e. The summed E-state index contributed by atoms with van der Waals surface area (Å²) >= 11 is 0. The Labute approximate surface area is 206 Å². The number of nitrogens with zero attached hydrogens (tertiary/aromatic N) is 4. The number of aromatic nitrogens is 3. The SMILES string of the molecule is Cc1ccc(C(N)=O)cc1Nc1nc(N[C@H]2CCNC2)nc(N(C)CC23CC4CC(CC2C4)C3)n1. The van der Waals surface area contributed by atoms with E-state index in [4.69, 9.17) is 20.7 Å². The van der Waals surface area contributed by atoms with Gasteiger partial charge in [0.25, 0.3) is 0 Å². The van der Waals surface area contributed by atoms with E-state index in [0.717, 1.165) is 55.1 Å². The van der Waals surface area contributed by atoms with Crippen molar-refractivity contribution in [3.8, 4) is 0 Å². The molecule has 5 fully saturated rings.